The van der Waals surface area contributed by atoms with Crippen molar-refractivity contribution < 1.29 is 38.4 Å². The molecule has 180 valence electrons. The van der Waals surface area contributed by atoms with Gasteiger partial charge in [-0.05, 0) is 43.3 Å². The maximum absolute atomic E-state index is 12.9. The van der Waals surface area contributed by atoms with E-state index < -0.39 is 48.6 Å². The van der Waals surface area contributed by atoms with E-state index in [2.05, 4.69) is 0 Å². The van der Waals surface area contributed by atoms with Crippen LogP contribution in [0, 0.1) is 0 Å². The van der Waals surface area contributed by atoms with E-state index >= 15 is 0 Å². The average molecular weight is 476 g/mol. The van der Waals surface area contributed by atoms with Gasteiger partial charge in [-0.25, -0.2) is 14.4 Å². The minimum atomic E-state index is -1.63. The zero-order valence-corrected chi connectivity index (χ0v) is 18.9. The molecule has 0 aliphatic carbocycles. The van der Waals surface area contributed by atoms with E-state index in [-0.39, 0.29) is 16.7 Å². The summed E-state index contributed by atoms with van der Waals surface area (Å²) < 4.78 is 22.4. The lowest BCUT2D eigenvalue weighted by atomic mass is 9.98. The van der Waals surface area contributed by atoms with Crippen molar-refractivity contribution in [3.05, 3.63) is 108 Å². The highest BCUT2D eigenvalue weighted by molar-refractivity contribution is 5.91. The van der Waals surface area contributed by atoms with Crippen LogP contribution < -0.4 is 0 Å². The summed E-state index contributed by atoms with van der Waals surface area (Å²) >= 11 is 0. The summed E-state index contributed by atoms with van der Waals surface area (Å²) in [7, 11) is 0. The van der Waals surface area contributed by atoms with Crippen molar-refractivity contribution in [2.24, 2.45) is 0 Å². The second-order valence-electron chi connectivity index (χ2n) is 7.94. The predicted molar refractivity (Wildman–Crippen MR) is 123 cm³/mol. The van der Waals surface area contributed by atoms with Gasteiger partial charge in [0.15, 0.2) is 24.6 Å². The molecule has 1 N–H and O–H groups in total. The smallest absolute Gasteiger partial charge is 0.338 e. The number of aliphatic hydroxyl groups excluding tert-OH is 1. The first-order valence-corrected chi connectivity index (χ1v) is 11.1. The van der Waals surface area contributed by atoms with Gasteiger partial charge in [0, 0.05) is 0 Å². The second-order valence-corrected chi connectivity index (χ2v) is 7.94. The maximum Gasteiger partial charge on any atom is 0.338 e. The molecule has 0 amide bonds. The summed E-state index contributed by atoms with van der Waals surface area (Å²) in [5.41, 5.74) is 0.739. The Hall–Kier alpha value is -4.01. The van der Waals surface area contributed by atoms with Crippen LogP contribution in [0.25, 0.3) is 0 Å². The van der Waals surface area contributed by atoms with Gasteiger partial charge in [0.1, 0.15) is 0 Å². The van der Waals surface area contributed by atoms with Gasteiger partial charge in [0.05, 0.1) is 22.8 Å². The van der Waals surface area contributed by atoms with Gasteiger partial charge in [-0.2, -0.15) is 0 Å². The Labute approximate surface area is 202 Å². The van der Waals surface area contributed by atoms with Crippen LogP contribution in [0.1, 0.15) is 38.0 Å². The van der Waals surface area contributed by atoms with Crippen LogP contribution in [0.3, 0.4) is 0 Å². The Kier molecular flexibility index (Phi) is 7.54. The molecule has 0 aromatic heterocycles. The first-order chi connectivity index (χ1) is 16.9. The van der Waals surface area contributed by atoms with Gasteiger partial charge in [-0.3, -0.25) is 0 Å². The fraction of sp³-hybridized carbons (Fsp3) is 0.222. The highest BCUT2D eigenvalue weighted by Crippen LogP contribution is 2.29. The van der Waals surface area contributed by atoms with E-state index in [1.807, 2.05) is 0 Å². The molecule has 0 spiro atoms. The molecular formula is C27H24O8. The lowest BCUT2D eigenvalue weighted by Gasteiger charge is -2.42. The number of carbonyl (C=O) groups excluding carboxylic acids is 3. The molecule has 0 radical (unpaired) electrons. The summed E-state index contributed by atoms with van der Waals surface area (Å²) in [6, 6.07) is 24.6. The topological polar surface area (TPSA) is 108 Å². The van der Waals surface area contributed by atoms with Crippen molar-refractivity contribution >= 4 is 17.9 Å². The van der Waals surface area contributed by atoms with Crippen molar-refractivity contribution in [1.29, 1.82) is 0 Å². The summed E-state index contributed by atoms with van der Waals surface area (Å²) in [4.78, 5) is 38.5. The van der Waals surface area contributed by atoms with Crippen LogP contribution in [0.4, 0.5) is 0 Å². The molecule has 1 unspecified atom stereocenters. The molecule has 3 aromatic rings. The summed E-state index contributed by atoms with van der Waals surface area (Å²) in [5.74, 6) is -2.18. The number of rotatable bonds is 6. The molecule has 8 heteroatoms. The third kappa shape index (κ3) is 5.74. The SMILES string of the molecule is C[C@@H]1OC(O)[C@@H](OC(=O)c2ccccc2)[C@H](OC(=O)c2ccccc2)[C@@H]1OC(=O)c1ccccc1. The van der Waals surface area contributed by atoms with E-state index in [1.165, 1.54) is 0 Å². The van der Waals surface area contributed by atoms with Crippen LogP contribution in [0.5, 0.6) is 0 Å². The molecular weight excluding hydrogens is 452 g/mol. The third-order valence-electron chi connectivity index (χ3n) is 5.50. The molecule has 1 heterocycles. The first-order valence-electron chi connectivity index (χ1n) is 11.1. The zero-order valence-electron chi connectivity index (χ0n) is 18.9. The second kappa shape index (κ2) is 10.9. The zero-order chi connectivity index (χ0) is 24.8. The Balaban J connectivity index is 1.63. The molecule has 1 fully saturated rings. The summed E-state index contributed by atoms with van der Waals surface area (Å²) in [5, 5.41) is 10.6. The van der Waals surface area contributed by atoms with Gasteiger partial charge < -0.3 is 24.1 Å². The van der Waals surface area contributed by atoms with Gasteiger partial charge in [0.2, 0.25) is 0 Å². The van der Waals surface area contributed by atoms with Crippen molar-refractivity contribution in [3.8, 4) is 0 Å². The number of aliphatic hydroxyl groups is 1. The first kappa shape index (κ1) is 24.1. The summed E-state index contributed by atoms with van der Waals surface area (Å²) in [6.45, 7) is 1.56. The minimum absolute atomic E-state index is 0.226. The molecule has 1 aliphatic rings. The molecule has 3 aromatic carbocycles. The van der Waals surface area contributed by atoms with Crippen molar-refractivity contribution in [2.75, 3.05) is 0 Å². The van der Waals surface area contributed by atoms with E-state index in [1.54, 1.807) is 97.9 Å². The number of benzene rings is 3. The van der Waals surface area contributed by atoms with Gasteiger partial charge >= 0.3 is 17.9 Å². The molecule has 8 nitrogen and oxygen atoms in total. The quantitative estimate of drug-likeness (QED) is 0.426. The van der Waals surface area contributed by atoms with E-state index in [0.29, 0.717) is 0 Å². The molecule has 1 saturated heterocycles. The Bertz CT molecular complexity index is 1080. The predicted octanol–water partition coefficient (Wildman–Crippen LogP) is 3.40. The van der Waals surface area contributed by atoms with Gasteiger partial charge in [-0.15, -0.1) is 0 Å². The van der Waals surface area contributed by atoms with Crippen LogP contribution in [-0.4, -0.2) is 53.7 Å². The highest BCUT2D eigenvalue weighted by Gasteiger charge is 2.50. The van der Waals surface area contributed by atoms with E-state index in [4.69, 9.17) is 18.9 Å². The third-order valence-corrected chi connectivity index (χ3v) is 5.50. The Morgan fingerprint density at radius 3 is 1.34 bits per heavy atom. The Morgan fingerprint density at radius 2 is 0.943 bits per heavy atom. The molecule has 35 heavy (non-hydrogen) atoms. The average Bonchev–Trinajstić information content (AvgIpc) is 2.89. The summed E-state index contributed by atoms with van der Waals surface area (Å²) in [6.07, 6.45) is -6.48. The molecule has 0 saturated carbocycles. The molecule has 0 bridgehead atoms. The maximum atomic E-state index is 12.9. The minimum Gasteiger partial charge on any atom is -0.452 e. The van der Waals surface area contributed by atoms with Crippen LogP contribution >= 0.6 is 0 Å². The number of esters is 3. The van der Waals surface area contributed by atoms with Crippen LogP contribution in [-0.2, 0) is 18.9 Å². The van der Waals surface area contributed by atoms with Crippen molar-refractivity contribution in [1.82, 2.24) is 0 Å². The number of hydrogen-bond donors (Lipinski definition) is 1. The van der Waals surface area contributed by atoms with E-state index in [9.17, 15) is 19.5 Å². The van der Waals surface area contributed by atoms with Crippen molar-refractivity contribution in [2.45, 2.75) is 37.6 Å². The van der Waals surface area contributed by atoms with E-state index in [0.717, 1.165) is 0 Å². The lowest BCUT2D eigenvalue weighted by Crippen LogP contribution is -2.60. The Morgan fingerprint density at radius 1 is 0.600 bits per heavy atom. The highest BCUT2D eigenvalue weighted by atomic mass is 16.7. The standard InChI is InChI=1S/C27H24O8/c1-17-21(33-24(28)18-11-5-2-6-12-18)22(34-25(29)19-13-7-3-8-14-19)23(27(31)32-17)35-26(30)20-15-9-4-10-16-20/h2-17,21-23,27,31H,1H3/t17-,21+,22+,23-,27?/m0/s1. The molecule has 4 rings (SSSR count). The van der Waals surface area contributed by atoms with Crippen LogP contribution in [0.15, 0.2) is 91.0 Å². The number of carbonyl (C=O) groups is 3. The normalized spacial score (nSPS) is 23.7. The largest absolute Gasteiger partial charge is 0.452 e. The lowest BCUT2D eigenvalue weighted by molar-refractivity contribution is -0.275. The fourth-order valence-electron chi connectivity index (χ4n) is 3.71. The number of hydrogen-bond acceptors (Lipinski definition) is 8. The van der Waals surface area contributed by atoms with Gasteiger partial charge in [-0.1, -0.05) is 54.6 Å². The monoisotopic (exact) mass is 476 g/mol. The molecule has 1 aliphatic heterocycles. The number of ether oxygens (including phenoxy) is 4. The van der Waals surface area contributed by atoms with Gasteiger partial charge in [0.25, 0.3) is 0 Å². The fourth-order valence-corrected chi connectivity index (χ4v) is 3.71. The van der Waals surface area contributed by atoms with Crippen LogP contribution in [0.2, 0.25) is 0 Å². The van der Waals surface area contributed by atoms with Crippen molar-refractivity contribution in [3.63, 3.8) is 0 Å². The molecule has 5 atom stereocenters.